The van der Waals surface area contributed by atoms with E-state index in [9.17, 15) is 4.79 Å². The number of rotatable bonds is 1. The molecule has 1 atom stereocenters. The number of fused-ring (bicyclic) bond motifs is 2. The average molecular weight is 309 g/mol. The smallest absolute Gasteiger partial charge is 0.255 e. The third-order valence-corrected chi connectivity index (χ3v) is 4.17. The van der Waals surface area contributed by atoms with Gasteiger partial charge in [-0.1, -0.05) is 54.1 Å². The summed E-state index contributed by atoms with van der Waals surface area (Å²) in [5, 5.41) is 9.20. The van der Waals surface area contributed by atoms with E-state index >= 15 is 0 Å². The van der Waals surface area contributed by atoms with Crippen LogP contribution in [0.1, 0.15) is 22.1 Å². The summed E-state index contributed by atoms with van der Waals surface area (Å²) in [6.45, 7) is 0. The minimum absolute atomic E-state index is 0.116. The van der Waals surface area contributed by atoms with Crippen molar-refractivity contribution in [2.75, 3.05) is 5.32 Å². The maximum Gasteiger partial charge on any atom is 0.255 e. The fourth-order valence-electron chi connectivity index (χ4n) is 2.89. The molecule has 0 aromatic heterocycles. The van der Waals surface area contributed by atoms with E-state index < -0.39 is 0 Å². The maximum absolute atomic E-state index is 12.3. The van der Waals surface area contributed by atoms with Crippen LogP contribution >= 0.6 is 11.6 Å². The molecule has 3 aromatic rings. The molecule has 0 radical (unpaired) electrons. The van der Waals surface area contributed by atoms with Gasteiger partial charge >= 0.3 is 0 Å². The first kappa shape index (κ1) is 13.2. The van der Waals surface area contributed by atoms with Crippen LogP contribution in [0.15, 0.2) is 60.7 Å². The van der Waals surface area contributed by atoms with Gasteiger partial charge in [0, 0.05) is 16.3 Å². The summed E-state index contributed by atoms with van der Waals surface area (Å²) >= 11 is 5.97. The number of halogens is 1. The van der Waals surface area contributed by atoms with Gasteiger partial charge in [0.1, 0.15) is 6.17 Å². The minimum Gasteiger partial charge on any atom is -0.361 e. The largest absolute Gasteiger partial charge is 0.361 e. The van der Waals surface area contributed by atoms with E-state index in [1.165, 1.54) is 0 Å². The van der Waals surface area contributed by atoms with Gasteiger partial charge in [0.15, 0.2) is 0 Å². The van der Waals surface area contributed by atoms with Crippen LogP contribution in [-0.2, 0) is 0 Å². The van der Waals surface area contributed by atoms with E-state index in [1.807, 2.05) is 30.3 Å². The lowest BCUT2D eigenvalue weighted by atomic mass is 10.00. The van der Waals surface area contributed by atoms with Crippen molar-refractivity contribution in [3.63, 3.8) is 0 Å². The highest BCUT2D eigenvalue weighted by molar-refractivity contribution is 6.31. The van der Waals surface area contributed by atoms with Crippen molar-refractivity contribution in [2.24, 2.45) is 0 Å². The molecule has 0 saturated carbocycles. The summed E-state index contributed by atoms with van der Waals surface area (Å²) < 4.78 is 0. The molecule has 0 fully saturated rings. The number of carbonyl (C=O) groups excluding carboxylic acids is 1. The van der Waals surface area contributed by atoms with Crippen LogP contribution < -0.4 is 10.6 Å². The third kappa shape index (κ3) is 2.11. The van der Waals surface area contributed by atoms with Crippen molar-refractivity contribution < 1.29 is 4.79 Å². The highest BCUT2D eigenvalue weighted by atomic mass is 35.5. The number of carbonyl (C=O) groups is 1. The second-order valence-electron chi connectivity index (χ2n) is 5.31. The van der Waals surface area contributed by atoms with Gasteiger partial charge in [-0.05, 0) is 29.0 Å². The van der Waals surface area contributed by atoms with Gasteiger partial charge in [0.25, 0.3) is 5.91 Å². The first-order chi connectivity index (χ1) is 10.7. The normalized spacial score (nSPS) is 16.8. The van der Waals surface area contributed by atoms with Crippen LogP contribution in [0.5, 0.6) is 0 Å². The van der Waals surface area contributed by atoms with Crippen LogP contribution in [0.3, 0.4) is 0 Å². The second kappa shape index (κ2) is 5.04. The maximum atomic E-state index is 12.3. The zero-order valence-electron chi connectivity index (χ0n) is 11.6. The Kier molecular flexibility index (Phi) is 3.01. The molecule has 3 aromatic carbocycles. The van der Waals surface area contributed by atoms with Crippen molar-refractivity contribution in [3.8, 4) is 0 Å². The Morgan fingerprint density at radius 3 is 2.64 bits per heavy atom. The number of amides is 1. The van der Waals surface area contributed by atoms with Crippen molar-refractivity contribution in [1.82, 2.24) is 5.32 Å². The second-order valence-corrected chi connectivity index (χ2v) is 5.75. The summed E-state index contributed by atoms with van der Waals surface area (Å²) in [7, 11) is 0. The van der Waals surface area contributed by atoms with Crippen molar-refractivity contribution >= 4 is 34.0 Å². The molecule has 2 N–H and O–H groups in total. The summed E-state index contributed by atoms with van der Waals surface area (Å²) in [5.41, 5.74) is 2.42. The predicted octanol–water partition coefficient (Wildman–Crippen LogP) is 4.35. The van der Waals surface area contributed by atoms with Crippen LogP contribution in [0.25, 0.3) is 10.8 Å². The number of benzene rings is 3. The van der Waals surface area contributed by atoms with Crippen molar-refractivity contribution in [3.05, 3.63) is 76.8 Å². The van der Waals surface area contributed by atoms with Crippen molar-refractivity contribution in [1.29, 1.82) is 0 Å². The Morgan fingerprint density at radius 1 is 0.909 bits per heavy atom. The number of anilines is 1. The Labute approximate surface area is 132 Å². The molecule has 0 saturated heterocycles. The molecule has 1 unspecified atom stereocenters. The zero-order chi connectivity index (χ0) is 15.1. The molecule has 22 heavy (non-hydrogen) atoms. The lowest BCUT2D eigenvalue weighted by Crippen LogP contribution is -2.38. The summed E-state index contributed by atoms with van der Waals surface area (Å²) in [4.78, 5) is 12.3. The average Bonchev–Trinajstić information content (AvgIpc) is 2.55. The first-order valence-corrected chi connectivity index (χ1v) is 7.45. The van der Waals surface area contributed by atoms with Gasteiger partial charge < -0.3 is 10.6 Å². The molecule has 0 bridgehead atoms. The van der Waals surface area contributed by atoms with Crippen LogP contribution in [0, 0.1) is 0 Å². The zero-order valence-corrected chi connectivity index (χ0v) is 12.4. The van der Waals surface area contributed by atoms with Gasteiger partial charge in [-0.25, -0.2) is 0 Å². The highest BCUT2D eigenvalue weighted by Crippen LogP contribution is 2.31. The van der Waals surface area contributed by atoms with E-state index in [0.717, 1.165) is 22.0 Å². The first-order valence-electron chi connectivity index (χ1n) is 7.07. The molecule has 1 aliphatic rings. The molecule has 3 nitrogen and oxygen atoms in total. The third-order valence-electron chi connectivity index (χ3n) is 3.94. The Morgan fingerprint density at radius 2 is 1.73 bits per heavy atom. The predicted molar refractivity (Wildman–Crippen MR) is 89.2 cm³/mol. The van der Waals surface area contributed by atoms with E-state index in [-0.39, 0.29) is 12.1 Å². The molecule has 1 amide bonds. The summed E-state index contributed by atoms with van der Waals surface area (Å²) in [6.07, 6.45) is -0.257. The molecule has 108 valence electrons. The summed E-state index contributed by atoms with van der Waals surface area (Å²) in [6, 6.07) is 19.5. The molecular weight excluding hydrogens is 296 g/mol. The van der Waals surface area contributed by atoms with E-state index in [4.69, 9.17) is 11.6 Å². The number of nitrogens with one attached hydrogen (secondary N) is 2. The van der Waals surface area contributed by atoms with Crippen LogP contribution in [0.4, 0.5) is 5.69 Å². The number of hydrogen-bond donors (Lipinski definition) is 2. The van der Waals surface area contributed by atoms with E-state index in [0.29, 0.717) is 10.6 Å². The highest BCUT2D eigenvalue weighted by Gasteiger charge is 2.25. The molecule has 4 rings (SSSR count). The van der Waals surface area contributed by atoms with E-state index in [2.05, 4.69) is 28.8 Å². The topological polar surface area (TPSA) is 41.1 Å². The van der Waals surface area contributed by atoms with E-state index in [1.54, 1.807) is 12.1 Å². The minimum atomic E-state index is -0.257. The van der Waals surface area contributed by atoms with Gasteiger partial charge in [-0.2, -0.15) is 0 Å². The Bertz CT molecular complexity index is 886. The van der Waals surface area contributed by atoms with Crippen LogP contribution in [-0.4, -0.2) is 5.91 Å². The fourth-order valence-corrected chi connectivity index (χ4v) is 3.06. The molecular formula is C18H13ClN2O. The Balaban J connectivity index is 1.81. The van der Waals surface area contributed by atoms with Gasteiger partial charge in [0.05, 0.1) is 5.56 Å². The van der Waals surface area contributed by atoms with Crippen LogP contribution in [0.2, 0.25) is 5.02 Å². The standard InChI is InChI=1S/C18H13ClN2O/c19-12-8-9-16-15(10-12)18(22)21-17(20-16)14-7-3-5-11-4-1-2-6-13(11)14/h1-10,17,20H,(H,21,22). The monoisotopic (exact) mass is 308 g/mol. The molecule has 1 aliphatic heterocycles. The molecule has 1 heterocycles. The number of hydrogen-bond acceptors (Lipinski definition) is 2. The summed E-state index contributed by atoms with van der Waals surface area (Å²) in [5.74, 6) is -0.116. The molecule has 4 heteroatoms. The fraction of sp³-hybridized carbons (Fsp3) is 0.0556. The SMILES string of the molecule is O=C1NC(c2cccc3ccccc23)Nc2ccc(Cl)cc21. The van der Waals surface area contributed by atoms with Gasteiger partial charge in [0.2, 0.25) is 0 Å². The van der Waals surface area contributed by atoms with Crippen molar-refractivity contribution in [2.45, 2.75) is 6.17 Å². The lowest BCUT2D eigenvalue weighted by molar-refractivity contribution is 0.0936. The Hall–Kier alpha value is -2.52. The molecule has 0 aliphatic carbocycles. The van der Waals surface area contributed by atoms with Gasteiger partial charge in [-0.15, -0.1) is 0 Å². The molecule has 0 spiro atoms. The lowest BCUT2D eigenvalue weighted by Gasteiger charge is -2.29. The van der Waals surface area contributed by atoms with Gasteiger partial charge in [-0.3, -0.25) is 4.79 Å². The quantitative estimate of drug-likeness (QED) is 0.702.